The molecule has 3 amide bonds. The Kier molecular flexibility index (Phi) is 6.73. The lowest BCUT2D eigenvalue weighted by molar-refractivity contribution is -0.115. The second-order valence-corrected chi connectivity index (χ2v) is 5.60. The van der Waals surface area contributed by atoms with Crippen LogP contribution in [0.3, 0.4) is 0 Å². The maximum absolute atomic E-state index is 12.1. The maximum Gasteiger partial charge on any atom is 0.251 e. The topological polar surface area (TPSA) is 99.3 Å². The van der Waals surface area contributed by atoms with Crippen LogP contribution in [0.1, 0.15) is 24.2 Å². The van der Waals surface area contributed by atoms with Gasteiger partial charge in [0.1, 0.15) is 0 Å². The second-order valence-electron chi connectivity index (χ2n) is 5.60. The molecule has 0 heterocycles. The minimum atomic E-state index is -0.242. The van der Waals surface area contributed by atoms with Gasteiger partial charge < -0.3 is 21.3 Å². The van der Waals surface area contributed by atoms with E-state index in [9.17, 15) is 14.4 Å². The van der Waals surface area contributed by atoms with Crippen LogP contribution >= 0.6 is 0 Å². The number of nitrogens with one attached hydrogen (secondary N) is 4. The first-order chi connectivity index (χ1) is 12.5. The fraction of sp³-hybridized carbons (Fsp3) is 0.211. The molecule has 2 aromatic rings. The number of amides is 3. The third-order valence-electron chi connectivity index (χ3n) is 3.38. The fourth-order valence-electron chi connectivity index (χ4n) is 2.30. The normalized spacial score (nSPS) is 9.92. The van der Waals surface area contributed by atoms with E-state index in [2.05, 4.69) is 21.3 Å². The molecule has 0 aliphatic carbocycles. The Morgan fingerprint density at radius 3 is 2.23 bits per heavy atom. The van der Waals surface area contributed by atoms with Crippen LogP contribution in [0.5, 0.6) is 0 Å². The summed E-state index contributed by atoms with van der Waals surface area (Å²) in [6.45, 7) is 3.87. The Morgan fingerprint density at radius 2 is 1.54 bits per heavy atom. The summed E-state index contributed by atoms with van der Waals surface area (Å²) in [4.78, 5) is 35.0. The van der Waals surface area contributed by atoms with E-state index in [1.165, 1.54) is 6.92 Å². The highest BCUT2D eigenvalue weighted by Gasteiger charge is 2.07. The van der Waals surface area contributed by atoms with Gasteiger partial charge in [0.05, 0.1) is 6.54 Å². The van der Waals surface area contributed by atoms with Gasteiger partial charge in [-0.15, -0.1) is 0 Å². The zero-order valence-electron chi connectivity index (χ0n) is 14.8. The minimum Gasteiger partial charge on any atom is -0.376 e. The van der Waals surface area contributed by atoms with Crippen molar-refractivity contribution in [2.24, 2.45) is 0 Å². The van der Waals surface area contributed by atoms with Gasteiger partial charge in [0.25, 0.3) is 5.91 Å². The molecule has 0 aromatic heterocycles. The molecule has 0 unspecified atom stereocenters. The van der Waals surface area contributed by atoms with E-state index in [1.807, 2.05) is 6.92 Å². The van der Waals surface area contributed by atoms with E-state index >= 15 is 0 Å². The van der Waals surface area contributed by atoms with Crippen LogP contribution in [0.4, 0.5) is 17.1 Å². The van der Waals surface area contributed by atoms with Crippen molar-refractivity contribution in [1.29, 1.82) is 0 Å². The van der Waals surface area contributed by atoms with Gasteiger partial charge in [0.15, 0.2) is 0 Å². The Bertz CT molecular complexity index is 805. The molecule has 0 saturated carbocycles. The number of carbonyl (C=O) groups excluding carboxylic acids is 3. The number of hydrogen-bond donors (Lipinski definition) is 4. The van der Waals surface area contributed by atoms with Gasteiger partial charge >= 0.3 is 0 Å². The Morgan fingerprint density at radius 1 is 0.885 bits per heavy atom. The number of rotatable bonds is 7. The first kappa shape index (κ1) is 19.0. The van der Waals surface area contributed by atoms with Crippen molar-refractivity contribution in [3.05, 3.63) is 54.1 Å². The first-order valence-electron chi connectivity index (χ1n) is 8.27. The zero-order valence-corrected chi connectivity index (χ0v) is 14.8. The highest BCUT2D eigenvalue weighted by Crippen LogP contribution is 2.15. The molecule has 0 aliphatic heterocycles. The number of carbonyl (C=O) groups is 3. The molecule has 0 aliphatic rings. The van der Waals surface area contributed by atoms with Gasteiger partial charge in [0, 0.05) is 36.1 Å². The molecule has 7 heteroatoms. The number of hydrogen-bond acceptors (Lipinski definition) is 4. The zero-order chi connectivity index (χ0) is 18.9. The third-order valence-corrected chi connectivity index (χ3v) is 3.38. The summed E-state index contributed by atoms with van der Waals surface area (Å²) in [5, 5.41) is 11.1. The molecule has 0 bridgehead atoms. The van der Waals surface area contributed by atoms with Crippen LogP contribution < -0.4 is 21.3 Å². The molecule has 136 valence electrons. The predicted molar refractivity (Wildman–Crippen MR) is 102 cm³/mol. The smallest absolute Gasteiger partial charge is 0.251 e. The molecular weight excluding hydrogens is 332 g/mol. The van der Waals surface area contributed by atoms with Crippen molar-refractivity contribution in [3.63, 3.8) is 0 Å². The van der Waals surface area contributed by atoms with Crippen molar-refractivity contribution >= 4 is 34.8 Å². The van der Waals surface area contributed by atoms with E-state index in [4.69, 9.17) is 0 Å². The van der Waals surface area contributed by atoms with Crippen molar-refractivity contribution in [1.82, 2.24) is 5.32 Å². The van der Waals surface area contributed by atoms with E-state index in [0.29, 0.717) is 29.2 Å². The lowest BCUT2D eigenvalue weighted by Gasteiger charge is -2.10. The van der Waals surface area contributed by atoms with Crippen LogP contribution in [-0.2, 0) is 9.59 Å². The average Bonchev–Trinajstić information content (AvgIpc) is 2.60. The molecule has 2 rings (SSSR count). The second kappa shape index (κ2) is 9.22. The monoisotopic (exact) mass is 354 g/mol. The number of anilines is 3. The van der Waals surface area contributed by atoms with E-state index < -0.39 is 0 Å². The molecule has 0 atom stereocenters. The molecule has 0 fully saturated rings. The van der Waals surface area contributed by atoms with Crippen molar-refractivity contribution in [3.8, 4) is 0 Å². The molecule has 4 N–H and O–H groups in total. The summed E-state index contributed by atoms with van der Waals surface area (Å²) in [5.74, 6) is -0.578. The predicted octanol–water partition coefficient (Wildman–Crippen LogP) is 2.45. The Hall–Kier alpha value is -3.35. The van der Waals surface area contributed by atoms with Gasteiger partial charge in [-0.2, -0.15) is 0 Å². The molecular formula is C19H22N4O3. The largest absolute Gasteiger partial charge is 0.376 e. The first-order valence-corrected chi connectivity index (χ1v) is 8.27. The quantitative estimate of drug-likeness (QED) is 0.614. The summed E-state index contributed by atoms with van der Waals surface area (Å²) in [6, 6.07) is 13.8. The Labute approximate surface area is 152 Å². The standard InChI is InChI=1S/C19H22N4O3/c1-3-20-19(26)14-6-4-7-15(10-14)21-12-18(25)23-17-9-5-8-16(11-17)22-13(2)24/h4-11,21H,3,12H2,1-2H3,(H,20,26)(H,22,24)(H,23,25). The highest BCUT2D eigenvalue weighted by atomic mass is 16.2. The third kappa shape index (κ3) is 5.94. The van der Waals surface area contributed by atoms with Gasteiger partial charge in [0.2, 0.25) is 11.8 Å². The number of benzene rings is 2. The van der Waals surface area contributed by atoms with Gasteiger partial charge in [-0.25, -0.2) is 0 Å². The van der Waals surface area contributed by atoms with Gasteiger partial charge in [-0.1, -0.05) is 12.1 Å². The summed E-state index contributed by atoms with van der Waals surface area (Å²) in [7, 11) is 0. The fourth-order valence-corrected chi connectivity index (χ4v) is 2.30. The average molecular weight is 354 g/mol. The molecule has 2 aromatic carbocycles. The van der Waals surface area contributed by atoms with Gasteiger partial charge in [-0.05, 0) is 43.3 Å². The molecule has 0 saturated heterocycles. The molecule has 26 heavy (non-hydrogen) atoms. The van der Waals surface area contributed by atoms with Gasteiger partial charge in [-0.3, -0.25) is 14.4 Å². The molecule has 7 nitrogen and oxygen atoms in total. The van der Waals surface area contributed by atoms with Crippen LogP contribution in [0.25, 0.3) is 0 Å². The molecule has 0 spiro atoms. The summed E-state index contributed by atoms with van der Waals surface area (Å²) in [6.07, 6.45) is 0. The van der Waals surface area contributed by atoms with Crippen LogP contribution in [0.15, 0.2) is 48.5 Å². The summed E-state index contributed by atoms with van der Waals surface area (Å²) >= 11 is 0. The SMILES string of the molecule is CCNC(=O)c1cccc(NCC(=O)Nc2cccc(NC(C)=O)c2)c1. The van der Waals surface area contributed by atoms with E-state index in [-0.39, 0.29) is 24.3 Å². The maximum atomic E-state index is 12.1. The highest BCUT2D eigenvalue weighted by molar-refractivity contribution is 5.96. The lowest BCUT2D eigenvalue weighted by Crippen LogP contribution is -2.23. The van der Waals surface area contributed by atoms with Crippen molar-refractivity contribution in [2.75, 3.05) is 29.0 Å². The minimum absolute atomic E-state index is 0.0449. The van der Waals surface area contributed by atoms with Crippen LogP contribution in [0, 0.1) is 0 Å². The van der Waals surface area contributed by atoms with Crippen molar-refractivity contribution in [2.45, 2.75) is 13.8 Å². The molecule has 0 radical (unpaired) electrons. The lowest BCUT2D eigenvalue weighted by atomic mass is 10.2. The van der Waals surface area contributed by atoms with Crippen LogP contribution in [-0.4, -0.2) is 30.8 Å². The Balaban J connectivity index is 1.92. The summed E-state index contributed by atoms with van der Waals surface area (Å²) < 4.78 is 0. The van der Waals surface area contributed by atoms with E-state index in [1.54, 1.807) is 48.5 Å². The van der Waals surface area contributed by atoms with Crippen molar-refractivity contribution < 1.29 is 14.4 Å². The van der Waals surface area contributed by atoms with Crippen LogP contribution in [0.2, 0.25) is 0 Å². The summed E-state index contributed by atoms with van der Waals surface area (Å²) in [5.41, 5.74) is 2.40. The van der Waals surface area contributed by atoms with E-state index in [0.717, 1.165) is 0 Å².